The lowest BCUT2D eigenvalue weighted by Gasteiger charge is -2.29. The van der Waals surface area contributed by atoms with E-state index in [9.17, 15) is 14.4 Å². The number of unbranched alkanes of at least 4 members (excludes halogenated alkanes) is 2. The summed E-state index contributed by atoms with van der Waals surface area (Å²) in [5.74, 6) is -0.531. The highest BCUT2D eigenvalue weighted by molar-refractivity contribution is 6.32. The Labute approximate surface area is 242 Å². The molecule has 3 aromatic rings. The van der Waals surface area contributed by atoms with Gasteiger partial charge in [-0.2, -0.15) is 0 Å². The lowest BCUT2D eigenvalue weighted by atomic mass is 9.81. The summed E-state index contributed by atoms with van der Waals surface area (Å²) in [6, 6.07) is 16.3. The summed E-state index contributed by atoms with van der Waals surface area (Å²) in [7, 11) is 0. The Morgan fingerprint density at radius 2 is 1.51 bits per heavy atom. The number of hydrogen-bond donors (Lipinski definition) is 2. The van der Waals surface area contributed by atoms with E-state index < -0.39 is 5.97 Å². The Bertz CT molecular complexity index is 1440. The second kappa shape index (κ2) is 12.7. The van der Waals surface area contributed by atoms with Gasteiger partial charge < -0.3 is 15.8 Å². The van der Waals surface area contributed by atoms with E-state index >= 15 is 0 Å². The molecule has 0 aromatic heterocycles. The largest absolute Gasteiger partial charge is 0.459 e. The van der Waals surface area contributed by atoms with E-state index in [2.05, 4.69) is 31.3 Å². The SMILES string of the molecule is CCCCc1ccc(Nc2cc(C(=O)OC3CCC(CCCC)CC3)c(N)c3c2C(=O)c2ccccc2C3=O)cc1. The van der Waals surface area contributed by atoms with Gasteiger partial charge in [0.05, 0.1) is 28.1 Å². The van der Waals surface area contributed by atoms with Crippen LogP contribution in [-0.2, 0) is 11.2 Å². The molecule has 41 heavy (non-hydrogen) atoms. The monoisotopic (exact) mass is 552 g/mol. The molecule has 0 spiro atoms. The number of nitrogens with one attached hydrogen (secondary N) is 1. The molecule has 214 valence electrons. The molecule has 0 radical (unpaired) electrons. The maximum Gasteiger partial charge on any atom is 0.340 e. The third kappa shape index (κ3) is 6.07. The van der Waals surface area contributed by atoms with E-state index in [1.54, 1.807) is 30.3 Å². The van der Waals surface area contributed by atoms with Crippen LogP contribution in [0.3, 0.4) is 0 Å². The van der Waals surface area contributed by atoms with Gasteiger partial charge in [0.1, 0.15) is 6.10 Å². The van der Waals surface area contributed by atoms with E-state index in [0.29, 0.717) is 22.7 Å². The third-order valence-corrected chi connectivity index (χ3v) is 8.54. The van der Waals surface area contributed by atoms with Gasteiger partial charge in [0.2, 0.25) is 0 Å². The Hall–Kier alpha value is -3.93. The van der Waals surface area contributed by atoms with Crippen molar-refractivity contribution in [2.45, 2.75) is 84.2 Å². The van der Waals surface area contributed by atoms with Crippen molar-refractivity contribution in [2.75, 3.05) is 11.1 Å². The van der Waals surface area contributed by atoms with Crippen LogP contribution in [-0.4, -0.2) is 23.6 Å². The number of carbonyl (C=O) groups excluding carboxylic acids is 3. The van der Waals surface area contributed by atoms with Crippen LogP contribution in [0.4, 0.5) is 17.1 Å². The number of nitrogens with two attached hydrogens (primary N) is 1. The number of fused-ring (bicyclic) bond motifs is 2. The van der Waals surface area contributed by atoms with Crippen molar-refractivity contribution in [1.29, 1.82) is 0 Å². The lowest BCUT2D eigenvalue weighted by molar-refractivity contribution is 0.0162. The molecule has 0 amide bonds. The molecule has 0 aliphatic heterocycles. The highest BCUT2D eigenvalue weighted by atomic mass is 16.5. The average Bonchev–Trinajstić information content (AvgIpc) is 2.99. The number of nitrogen functional groups attached to an aromatic ring is 1. The summed E-state index contributed by atoms with van der Waals surface area (Å²) in [5, 5.41) is 3.31. The molecule has 6 nitrogen and oxygen atoms in total. The van der Waals surface area contributed by atoms with Gasteiger partial charge in [0.25, 0.3) is 0 Å². The molecule has 1 fully saturated rings. The van der Waals surface area contributed by atoms with Crippen molar-refractivity contribution < 1.29 is 19.1 Å². The van der Waals surface area contributed by atoms with Crippen LogP contribution in [0.2, 0.25) is 0 Å². The maximum absolute atomic E-state index is 13.7. The number of rotatable bonds is 10. The summed E-state index contributed by atoms with van der Waals surface area (Å²) in [6.07, 6.45) is 10.4. The number of hydrogen-bond acceptors (Lipinski definition) is 6. The predicted octanol–water partition coefficient (Wildman–Crippen LogP) is 8.04. The topological polar surface area (TPSA) is 98.5 Å². The van der Waals surface area contributed by atoms with Crippen LogP contribution in [0.5, 0.6) is 0 Å². The molecule has 0 saturated heterocycles. The fourth-order valence-corrected chi connectivity index (χ4v) is 6.12. The van der Waals surface area contributed by atoms with Gasteiger partial charge in [-0.25, -0.2) is 4.79 Å². The van der Waals surface area contributed by atoms with Gasteiger partial charge in [-0.15, -0.1) is 0 Å². The summed E-state index contributed by atoms with van der Waals surface area (Å²) < 4.78 is 5.95. The highest BCUT2D eigenvalue weighted by Crippen LogP contribution is 2.39. The van der Waals surface area contributed by atoms with Crippen molar-refractivity contribution in [3.8, 4) is 0 Å². The van der Waals surface area contributed by atoms with Crippen LogP contribution >= 0.6 is 0 Å². The first kappa shape index (κ1) is 28.6. The minimum Gasteiger partial charge on any atom is -0.459 e. The molecule has 2 aliphatic carbocycles. The minimum atomic E-state index is -0.556. The van der Waals surface area contributed by atoms with Crippen LogP contribution in [0.1, 0.15) is 119 Å². The van der Waals surface area contributed by atoms with Crippen molar-refractivity contribution in [3.05, 3.63) is 88.0 Å². The Morgan fingerprint density at radius 3 is 2.15 bits per heavy atom. The fourth-order valence-electron chi connectivity index (χ4n) is 6.12. The molecule has 3 N–H and O–H groups in total. The molecule has 1 saturated carbocycles. The Kier molecular flexibility index (Phi) is 8.87. The van der Waals surface area contributed by atoms with E-state index in [0.717, 1.165) is 50.6 Å². The van der Waals surface area contributed by atoms with Crippen molar-refractivity contribution in [1.82, 2.24) is 0 Å². The smallest absolute Gasteiger partial charge is 0.340 e. The summed E-state index contributed by atoms with van der Waals surface area (Å²) in [5.41, 5.74) is 9.86. The average molecular weight is 553 g/mol. The van der Waals surface area contributed by atoms with Crippen LogP contribution in [0, 0.1) is 5.92 Å². The molecule has 3 aromatic carbocycles. The number of carbonyl (C=O) groups is 3. The van der Waals surface area contributed by atoms with E-state index in [-0.39, 0.29) is 40.0 Å². The zero-order chi connectivity index (χ0) is 28.9. The first-order chi connectivity index (χ1) is 19.9. The van der Waals surface area contributed by atoms with Crippen molar-refractivity contribution >= 4 is 34.6 Å². The molecule has 0 bridgehead atoms. The van der Waals surface area contributed by atoms with Crippen molar-refractivity contribution in [2.24, 2.45) is 5.92 Å². The number of ketones is 2. The predicted molar refractivity (Wildman–Crippen MR) is 163 cm³/mol. The maximum atomic E-state index is 13.7. The first-order valence-electron chi connectivity index (χ1n) is 15.1. The van der Waals surface area contributed by atoms with Crippen molar-refractivity contribution in [3.63, 3.8) is 0 Å². The number of benzene rings is 3. The van der Waals surface area contributed by atoms with Gasteiger partial charge in [0.15, 0.2) is 11.6 Å². The number of esters is 1. The fraction of sp³-hybridized carbons (Fsp3) is 0.400. The van der Waals surface area contributed by atoms with Gasteiger partial charge >= 0.3 is 5.97 Å². The van der Waals surface area contributed by atoms with Crippen LogP contribution < -0.4 is 11.1 Å². The molecule has 5 rings (SSSR count). The molecule has 0 heterocycles. The molecular formula is C35H40N2O4. The number of anilines is 3. The minimum absolute atomic E-state index is 0.00468. The molecule has 0 unspecified atom stereocenters. The molecule has 6 heteroatoms. The van der Waals surface area contributed by atoms with E-state index in [1.807, 2.05) is 12.1 Å². The Morgan fingerprint density at radius 1 is 0.878 bits per heavy atom. The third-order valence-electron chi connectivity index (χ3n) is 8.54. The first-order valence-corrected chi connectivity index (χ1v) is 15.1. The number of ether oxygens (including phenoxy) is 1. The standard InChI is InChI=1S/C35H40N2O4/c1-3-5-9-22-13-17-24(18-14-22)37-29-21-28(35(40)41-25-19-15-23(16-20-25)10-6-4-2)32(36)31-30(29)33(38)26-11-7-8-12-27(26)34(31)39/h7-8,11-14,17-18,21,23,25,37H,3-6,9-10,15-16,19-20,36H2,1-2H3. The zero-order valence-corrected chi connectivity index (χ0v) is 24.1. The second-order valence-electron chi connectivity index (χ2n) is 11.5. The van der Waals surface area contributed by atoms with Gasteiger partial charge in [0, 0.05) is 16.8 Å². The normalized spacial score (nSPS) is 18.0. The molecular weight excluding hydrogens is 512 g/mol. The van der Waals surface area contributed by atoms with E-state index in [4.69, 9.17) is 10.5 Å². The molecule has 2 aliphatic rings. The summed E-state index contributed by atoms with van der Waals surface area (Å²) >= 11 is 0. The second-order valence-corrected chi connectivity index (χ2v) is 11.5. The van der Waals surface area contributed by atoms with Crippen LogP contribution in [0.15, 0.2) is 54.6 Å². The Balaban J connectivity index is 1.47. The van der Waals surface area contributed by atoms with Gasteiger partial charge in [-0.05, 0) is 68.2 Å². The quantitative estimate of drug-likeness (QED) is 0.153. The summed E-state index contributed by atoms with van der Waals surface area (Å²) in [4.78, 5) is 41.0. The van der Waals surface area contributed by atoms with Gasteiger partial charge in [-0.3, -0.25) is 9.59 Å². The number of aryl methyl sites for hydroxylation is 1. The van der Waals surface area contributed by atoms with E-state index in [1.165, 1.54) is 24.8 Å². The highest BCUT2D eigenvalue weighted by Gasteiger charge is 2.36. The van der Waals surface area contributed by atoms with Crippen LogP contribution in [0.25, 0.3) is 0 Å². The van der Waals surface area contributed by atoms with Gasteiger partial charge in [-0.1, -0.05) is 75.9 Å². The summed E-state index contributed by atoms with van der Waals surface area (Å²) in [6.45, 7) is 4.37. The molecule has 0 atom stereocenters. The lowest BCUT2D eigenvalue weighted by Crippen LogP contribution is -2.27. The zero-order valence-electron chi connectivity index (χ0n) is 24.1.